The number of amides is 2. The van der Waals surface area contributed by atoms with E-state index >= 15 is 0 Å². The first kappa shape index (κ1) is 34.7. The van der Waals surface area contributed by atoms with Crippen molar-refractivity contribution in [3.05, 3.63) is 78.7 Å². The van der Waals surface area contributed by atoms with E-state index in [1.165, 1.54) is 62.8 Å². The molecule has 0 radical (unpaired) electrons. The quantitative estimate of drug-likeness (QED) is 0.0849. The molecule has 1 heterocycles. The zero-order valence-electron chi connectivity index (χ0n) is 28.2. The minimum Gasteiger partial charge on any atom is -0.493 e. The van der Waals surface area contributed by atoms with Crippen molar-refractivity contribution in [3.8, 4) is 23.0 Å². The highest BCUT2D eigenvalue weighted by molar-refractivity contribution is 6.17. The van der Waals surface area contributed by atoms with E-state index in [9.17, 15) is 14.0 Å². The third-order valence-corrected chi connectivity index (χ3v) is 9.01. The number of aromatic nitrogens is 1. The lowest BCUT2D eigenvalue weighted by Crippen LogP contribution is -2.43. The Kier molecular flexibility index (Phi) is 11.9. The average molecular weight is 656 g/mol. The van der Waals surface area contributed by atoms with E-state index in [1.54, 1.807) is 37.4 Å². The lowest BCUT2D eigenvalue weighted by Gasteiger charge is -2.27. The largest absolute Gasteiger partial charge is 0.493 e. The molecule has 0 spiro atoms. The number of hydrogen-bond donors (Lipinski definition) is 1. The fourth-order valence-corrected chi connectivity index (χ4v) is 5.99. The van der Waals surface area contributed by atoms with Gasteiger partial charge in [-0.05, 0) is 79.9 Å². The van der Waals surface area contributed by atoms with E-state index in [-0.39, 0.29) is 17.6 Å². The number of pyridine rings is 1. The number of anilines is 2. The molecule has 1 aromatic heterocycles. The van der Waals surface area contributed by atoms with Crippen molar-refractivity contribution in [3.63, 3.8) is 0 Å². The van der Waals surface area contributed by atoms with Gasteiger partial charge >= 0.3 is 0 Å². The van der Waals surface area contributed by atoms with Crippen molar-refractivity contribution in [2.45, 2.75) is 77.6 Å². The lowest BCUT2D eigenvalue weighted by molar-refractivity contribution is -0.132. The van der Waals surface area contributed by atoms with Gasteiger partial charge in [-0.2, -0.15) is 0 Å². The second kappa shape index (κ2) is 16.4. The van der Waals surface area contributed by atoms with Crippen LogP contribution in [0.5, 0.6) is 23.0 Å². The number of benzene rings is 3. The SMILES string of the molecule is CCCCCCCCCCCN(C(=O)C1(C(=O)Nc2ccc(F)cc2)CC1)c1ccc(Oc2ccnc3cc(OC)c(OC)cc23)cc1. The first-order chi connectivity index (χ1) is 23.4. The van der Waals surface area contributed by atoms with Crippen LogP contribution in [0.4, 0.5) is 15.8 Å². The monoisotopic (exact) mass is 655 g/mol. The molecule has 1 fully saturated rings. The smallest absolute Gasteiger partial charge is 0.242 e. The van der Waals surface area contributed by atoms with Gasteiger partial charge in [0, 0.05) is 35.6 Å². The topological polar surface area (TPSA) is 90.0 Å². The summed E-state index contributed by atoms with van der Waals surface area (Å²) >= 11 is 0. The molecule has 0 saturated heterocycles. The number of halogens is 1. The summed E-state index contributed by atoms with van der Waals surface area (Å²) in [6.07, 6.45) is 13.1. The average Bonchev–Trinajstić information content (AvgIpc) is 3.92. The maximum absolute atomic E-state index is 14.2. The molecule has 4 aromatic rings. The molecule has 48 heavy (non-hydrogen) atoms. The number of unbranched alkanes of at least 4 members (excludes halogenated alkanes) is 8. The standard InChI is InChI=1S/C39H46FN3O5/c1-4-5-6-7-8-9-10-11-12-25-43(38(45)39(22-23-39)37(44)42-29-15-13-28(40)14-16-29)30-17-19-31(20-18-30)48-34-21-24-41-33-27-36(47-3)35(46-2)26-32(33)34/h13-21,24,26-27H,4-12,22-23,25H2,1-3H3,(H,42,44). The van der Waals surface area contributed by atoms with Crippen LogP contribution in [0.25, 0.3) is 10.9 Å². The molecule has 1 saturated carbocycles. The van der Waals surface area contributed by atoms with Gasteiger partial charge in [-0.1, -0.05) is 58.3 Å². The molecular weight excluding hydrogens is 609 g/mol. The van der Waals surface area contributed by atoms with Crippen LogP contribution in [0.15, 0.2) is 72.9 Å². The first-order valence-corrected chi connectivity index (χ1v) is 17.1. The van der Waals surface area contributed by atoms with Gasteiger partial charge < -0.3 is 24.4 Å². The Bertz CT molecular complexity index is 1670. The van der Waals surface area contributed by atoms with Gasteiger partial charge in [-0.3, -0.25) is 14.6 Å². The maximum atomic E-state index is 14.2. The van der Waals surface area contributed by atoms with Crippen LogP contribution < -0.4 is 24.4 Å². The summed E-state index contributed by atoms with van der Waals surface area (Å²) in [6, 6.07) is 18.4. The molecule has 1 aliphatic carbocycles. The Hall–Kier alpha value is -4.66. The zero-order chi connectivity index (χ0) is 33.9. The minimum atomic E-state index is -1.14. The molecule has 0 unspecified atom stereocenters. The Balaban J connectivity index is 1.31. The summed E-state index contributed by atoms with van der Waals surface area (Å²) in [6.45, 7) is 2.74. The highest BCUT2D eigenvalue weighted by Crippen LogP contribution is 2.49. The first-order valence-electron chi connectivity index (χ1n) is 17.1. The van der Waals surface area contributed by atoms with Crippen LogP contribution in [0, 0.1) is 11.2 Å². The third-order valence-electron chi connectivity index (χ3n) is 9.01. The molecule has 2 amide bonds. The van der Waals surface area contributed by atoms with Gasteiger partial charge in [0.2, 0.25) is 11.8 Å². The summed E-state index contributed by atoms with van der Waals surface area (Å²) < 4.78 is 30.6. The summed E-state index contributed by atoms with van der Waals surface area (Å²) in [7, 11) is 3.16. The van der Waals surface area contributed by atoms with Crippen LogP contribution in [0.3, 0.4) is 0 Å². The second-order valence-corrected chi connectivity index (χ2v) is 12.5. The maximum Gasteiger partial charge on any atom is 0.242 e. The Morgan fingerprint density at radius 3 is 2.06 bits per heavy atom. The van der Waals surface area contributed by atoms with Crippen LogP contribution in [0.1, 0.15) is 77.6 Å². The summed E-state index contributed by atoms with van der Waals surface area (Å²) in [5, 5.41) is 3.60. The Morgan fingerprint density at radius 1 is 0.812 bits per heavy atom. The van der Waals surface area contributed by atoms with Crippen molar-refractivity contribution < 1.29 is 28.2 Å². The minimum absolute atomic E-state index is 0.212. The van der Waals surface area contributed by atoms with Crippen molar-refractivity contribution in [1.82, 2.24) is 4.98 Å². The van der Waals surface area contributed by atoms with Crippen molar-refractivity contribution in [1.29, 1.82) is 0 Å². The Morgan fingerprint density at radius 2 is 1.44 bits per heavy atom. The molecule has 0 aliphatic heterocycles. The number of methoxy groups -OCH3 is 2. The summed E-state index contributed by atoms with van der Waals surface area (Å²) in [5.74, 6) is 1.39. The molecule has 0 atom stereocenters. The predicted molar refractivity (Wildman–Crippen MR) is 188 cm³/mol. The van der Waals surface area contributed by atoms with E-state index in [2.05, 4.69) is 17.2 Å². The van der Waals surface area contributed by atoms with Gasteiger partial charge in [0.15, 0.2) is 11.5 Å². The molecule has 1 N–H and O–H groups in total. The molecule has 3 aromatic carbocycles. The van der Waals surface area contributed by atoms with E-state index in [0.29, 0.717) is 59.3 Å². The lowest BCUT2D eigenvalue weighted by atomic mass is 10.0. The number of ether oxygens (including phenoxy) is 3. The number of fused-ring (bicyclic) bond motifs is 1. The molecule has 1 aliphatic rings. The van der Waals surface area contributed by atoms with Gasteiger partial charge in [-0.15, -0.1) is 0 Å². The number of carbonyl (C=O) groups is 2. The normalized spacial score (nSPS) is 13.2. The molecule has 5 rings (SSSR count). The molecule has 8 nitrogen and oxygen atoms in total. The van der Waals surface area contributed by atoms with Crippen molar-refractivity contribution in [2.24, 2.45) is 5.41 Å². The molecule has 254 valence electrons. The zero-order valence-corrected chi connectivity index (χ0v) is 28.2. The van der Waals surface area contributed by atoms with Crippen LogP contribution in [-0.2, 0) is 9.59 Å². The number of rotatable bonds is 18. The third kappa shape index (κ3) is 8.43. The van der Waals surface area contributed by atoms with E-state index in [0.717, 1.165) is 24.6 Å². The highest BCUT2D eigenvalue weighted by atomic mass is 19.1. The second-order valence-electron chi connectivity index (χ2n) is 12.5. The number of hydrogen-bond acceptors (Lipinski definition) is 6. The molecule has 9 heteroatoms. The van der Waals surface area contributed by atoms with Crippen LogP contribution >= 0.6 is 0 Å². The van der Waals surface area contributed by atoms with Gasteiger partial charge in [0.05, 0.1) is 19.7 Å². The van der Waals surface area contributed by atoms with Gasteiger partial charge in [0.25, 0.3) is 0 Å². The van der Waals surface area contributed by atoms with Crippen molar-refractivity contribution in [2.75, 3.05) is 31.0 Å². The number of nitrogens with zero attached hydrogens (tertiary/aromatic N) is 2. The fourth-order valence-electron chi connectivity index (χ4n) is 5.99. The molecule has 0 bridgehead atoms. The summed E-state index contributed by atoms with van der Waals surface area (Å²) in [4.78, 5) is 33.8. The van der Waals surface area contributed by atoms with Crippen LogP contribution in [-0.4, -0.2) is 37.6 Å². The Labute approximate surface area is 282 Å². The summed E-state index contributed by atoms with van der Waals surface area (Å²) in [5.41, 5.74) is 0.734. The number of carbonyl (C=O) groups excluding carboxylic acids is 2. The van der Waals surface area contributed by atoms with E-state index in [1.807, 2.05) is 30.3 Å². The van der Waals surface area contributed by atoms with Crippen molar-refractivity contribution >= 4 is 34.1 Å². The van der Waals surface area contributed by atoms with Gasteiger partial charge in [0.1, 0.15) is 22.7 Å². The fraction of sp³-hybridized carbons (Fsp3) is 0.410. The molecular formula is C39H46FN3O5. The number of nitrogens with one attached hydrogen (secondary N) is 1. The van der Waals surface area contributed by atoms with E-state index < -0.39 is 5.41 Å². The van der Waals surface area contributed by atoms with Crippen LogP contribution in [0.2, 0.25) is 0 Å². The predicted octanol–water partition coefficient (Wildman–Crippen LogP) is 9.47. The van der Waals surface area contributed by atoms with Gasteiger partial charge in [-0.25, -0.2) is 4.39 Å². The van der Waals surface area contributed by atoms with E-state index in [4.69, 9.17) is 14.2 Å². The highest BCUT2D eigenvalue weighted by Gasteiger charge is 2.58.